The van der Waals surface area contributed by atoms with Crippen molar-refractivity contribution in [3.05, 3.63) is 0 Å². The molecule has 7 heteroatoms. The van der Waals surface area contributed by atoms with Crippen LogP contribution in [0.5, 0.6) is 0 Å². The zero-order chi connectivity index (χ0) is 31.1. The molecule has 0 amide bonds. The van der Waals surface area contributed by atoms with Crippen LogP contribution in [0.4, 0.5) is 0 Å². The fourth-order valence-electron chi connectivity index (χ4n) is 11.6. The molecule has 3 heterocycles. The van der Waals surface area contributed by atoms with Crippen LogP contribution in [0, 0.1) is 58.2 Å². The van der Waals surface area contributed by atoms with E-state index in [1.54, 1.807) is 0 Å². The van der Waals surface area contributed by atoms with Gasteiger partial charge in [0.15, 0.2) is 17.9 Å². The molecule has 7 fully saturated rings. The van der Waals surface area contributed by atoms with E-state index in [9.17, 15) is 4.79 Å². The fourth-order valence-corrected chi connectivity index (χ4v) is 11.6. The molecule has 0 N–H and O–H groups in total. The average molecular weight is 613 g/mol. The number of Topliss-reactive ketones (excluding diaryl/α,β-unsaturated/α-hetero) is 1. The van der Waals surface area contributed by atoms with Crippen molar-refractivity contribution >= 4 is 5.78 Å². The fraction of sp³-hybridized carbons (Fsp3) is 0.919. The summed E-state index contributed by atoms with van der Waals surface area (Å²) < 4.78 is 38.2. The summed E-state index contributed by atoms with van der Waals surface area (Å²) >= 11 is 0. The van der Waals surface area contributed by atoms with Gasteiger partial charge in [0.1, 0.15) is 5.60 Å². The van der Waals surface area contributed by atoms with Gasteiger partial charge >= 0.3 is 0 Å². The SMILES string of the molecule is C[C@H](C(=O)C#CC(C)(C)OC1CCCCO1)[C@H]1CC[C@H]2[C@@H]3CC4(OCCO4)C4C[C@@H]5OC(C)(C)O[C@@H]5C[C@]4(C)[C@H]3CC[C@]12C. The second kappa shape index (κ2) is 11.0. The van der Waals surface area contributed by atoms with E-state index in [2.05, 4.69) is 46.5 Å². The Balaban J connectivity index is 1.10. The van der Waals surface area contributed by atoms with E-state index in [1.165, 1.54) is 6.42 Å². The average Bonchev–Trinajstić information content (AvgIpc) is 3.65. The van der Waals surface area contributed by atoms with E-state index in [0.717, 1.165) is 64.4 Å². The lowest BCUT2D eigenvalue weighted by molar-refractivity contribution is -0.300. The zero-order valence-electron chi connectivity index (χ0n) is 28.2. The third-order valence-corrected chi connectivity index (χ3v) is 13.4. The Labute approximate surface area is 265 Å². The van der Waals surface area contributed by atoms with Gasteiger partial charge in [0, 0.05) is 24.9 Å². The Bertz CT molecular complexity index is 1170. The minimum atomic E-state index is -0.719. The molecule has 0 radical (unpaired) electrons. The lowest BCUT2D eigenvalue weighted by atomic mass is 9.42. The number of ketones is 1. The van der Waals surface area contributed by atoms with Crippen LogP contribution in [0.3, 0.4) is 0 Å². The molecule has 0 aromatic heterocycles. The summed E-state index contributed by atoms with van der Waals surface area (Å²) in [6, 6.07) is 0. The third kappa shape index (κ3) is 5.23. The Morgan fingerprint density at radius 3 is 2.34 bits per heavy atom. The molecule has 7 aliphatic rings. The molecule has 4 saturated carbocycles. The van der Waals surface area contributed by atoms with Gasteiger partial charge in [-0.05, 0) is 126 Å². The minimum absolute atomic E-state index is 0.0501. The molecule has 0 aromatic rings. The second-order valence-corrected chi connectivity index (χ2v) is 16.9. The normalized spacial score (nSPS) is 46.2. The molecule has 44 heavy (non-hydrogen) atoms. The van der Waals surface area contributed by atoms with Crippen LogP contribution >= 0.6 is 0 Å². The minimum Gasteiger partial charge on any atom is -0.353 e. The number of rotatable bonds is 4. The van der Waals surface area contributed by atoms with Gasteiger partial charge in [0.05, 0.1) is 25.4 Å². The number of hydrogen-bond acceptors (Lipinski definition) is 7. The van der Waals surface area contributed by atoms with Gasteiger partial charge in [-0.1, -0.05) is 26.7 Å². The van der Waals surface area contributed by atoms with E-state index in [1.807, 2.05) is 13.8 Å². The van der Waals surface area contributed by atoms with Gasteiger partial charge in [-0.25, -0.2) is 0 Å². The summed E-state index contributed by atoms with van der Waals surface area (Å²) in [5.74, 6) is 7.39. The van der Waals surface area contributed by atoms with Crippen LogP contribution in [0.2, 0.25) is 0 Å². The van der Waals surface area contributed by atoms with E-state index < -0.39 is 17.2 Å². The Hall–Kier alpha value is -1.01. The maximum atomic E-state index is 13.6. The smallest absolute Gasteiger partial charge is 0.208 e. The van der Waals surface area contributed by atoms with Crippen LogP contribution < -0.4 is 0 Å². The highest BCUT2D eigenvalue weighted by atomic mass is 16.8. The molecule has 1 spiro atoms. The summed E-state index contributed by atoms with van der Waals surface area (Å²) in [5.41, 5.74) is -0.545. The molecule has 0 bridgehead atoms. The van der Waals surface area contributed by atoms with E-state index in [4.69, 9.17) is 28.4 Å². The van der Waals surface area contributed by atoms with E-state index in [-0.39, 0.29) is 41.0 Å². The van der Waals surface area contributed by atoms with E-state index in [0.29, 0.717) is 42.8 Å². The third-order valence-electron chi connectivity index (χ3n) is 13.4. The van der Waals surface area contributed by atoms with Crippen molar-refractivity contribution in [1.29, 1.82) is 0 Å². The Kier molecular flexibility index (Phi) is 7.91. The molecule has 2 unspecified atom stereocenters. The number of carbonyl (C=O) groups is 1. The molecule has 3 saturated heterocycles. The van der Waals surface area contributed by atoms with Crippen LogP contribution in [-0.4, -0.2) is 61.3 Å². The van der Waals surface area contributed by atoms with Gasteiger partial charge in [-0.3, -0.25) is 4.79 Å². The summed E-state index contributed by atoms with van der Waals surface area (Å²) in [6.45, 7) is 17.2. The van der Waals surface area contributed by atoms with Gasteiger partial charge in [0.25, 0.3) is 0 Å². The number of carbonyl (C=O) groups excluding carboxylic acids is 1. The monoisotopic (exact) mass is 612 g/mol. The molecule has 11 atom stereocenters. The van der Waals surface area contributed by atoms with Crippen molar-refractivity contribution in [2.45, 2.75) is 148 Å². The summed E-state index contributed by atoms with van der Waals surface area (Å²) in [6.07, 6.45) is 10.6. The summed E-state index contributed by atoms with van der Waals surface area (Å²) in [7, 11) is 0. The van der Waals surface area contributed by atoms with Crippen molar-refractivity contribution in [1.82, 2.24) is 0 Å². The van der Waals surface area contributed by atoms with Crippen molar-refractivity contribution in [2.24, 2.45) is 46.3 Å². The maximum Gasteiger partial charge on any atom is 0.208 e. The molecule has 7 nitrogen and oxygen atoms in total. The first-order valence-electron chi connectivity index (χ1n) is 17.8. The van der Waals surface area contributed by atoms with E-state index >= 15 is 0 Å². The van der Waals surface area contributed by atoms with Gasteiger partial charge < -0.3 is 28.4 Å². The lowest BCUT2D eigenvalue weighted by Gasteiger charge is -2.65. The molecular formula is C37H56O7. The van der Waals surface area contributed by atoms with Crippen molar-refractivity contribution in [3.8, 4) is 11.8 Å². The van der Waals surface area contributed by atoms with Gasteiger partial charge in [0.2, 0.25) is 5.78 Å². The zero-order valence-corrected chi connectivity index (χ0v) is 28.2. The quantitative estimate of drug-likeness (QED) is 0.260. The molecule has 7 rings (SSSR count). The van der Waals surface area contributed by atoms with Crippen LogP contribution in [0.1, 0.15) is 113 Å². The predicted octanol–water partition coefficient (Wildman–Crippen LogP) is 6.66. The number of hydrogen-bond donors (Lipinski definition) is 0. The summed E-state index contributed by atoms with van der Waals surface area (Å²) in [4.78, 5) is 13.6. The van der Waals surface area contributed by atoms with Crippen molar-refractivity contribution in [2.75, 3.05) is 19.8 Å². The predicted molar refractivity (Wildman–Crippen MR) is 165 cm³/mol. The molecule has 4 aliphatic carbocycles. The van der Waals surface area contributed by atoms with Crippen LogP contribution in [-0.2, 0) is 33.2 Å². The van der Waals surface area contributed by atoms with Gasteiger partial charge in [-0.15, -0.1) is 0 Å². The molecular weight excluding hydrogens is 556 g/mol. The second-order valence-electron chi connectivity index (χ2n) is 16.9. The first kappa shape index (κ1) is 31.6. The lowest BCUT2D eigenvalue weighted by Crippen LogP contribution is -2.65. The first-order chi connectivity index (χ1) is 20.8. The molecule has 246 valence electrons. The number of fused-ring (bicyclic) bond motifs is 7. The molecule has 0 aromatic carbocycles. The van der Waals surface area contributed by atoms with Crippen molar-refractivity contribution in [3.63, 3.8) is 0 Å². The van der Waals surface area contributed by atoms with Crippen LogP contribution in [0.15, 0.2) is 0 Å². The highest BCUT2D eigenvalue weighted by molar-refractivity contribution is 5.97. The standard InChI is InChI=1S/C37H56O7/c1-23(28(38)14-15-33(2,3)44-32-10-8-9-17-39-32)25-11-12-26-24-21-37(40-18-19-41-37)31-20-29-30(43-34(4,5)42-29)22-36(31,7)27(24)13-16-35(25,26)6/h23-27,29-32H,8-13,16-22H2,1-7H3/t23-,24-,25+,26-,27-,29-,30+,31?,32?,35+,36+/m0/s1. The number of ether oxygens (including phenoxy) is 6. The van der Waals surface area contributed by atoms with Gasteiger partial charge in [-0.2, -0.15) is 0 Å². The topological polar surface area (TPSA) is 72.5 Å². The van der Waals surface area contributed by atoms with Crippen molar-refractivity contribution < 1.29 is 33.2 Å². The highest BCUT2D eigenvalue weighted by Gasteiger charge is 2.70. The first-order valence-corrected chi connectivity index (χ1v) is 17.8. The van der Waals surface area contributed by atoms with Crippen LogP contribution in [0.25, 0.3) is 0 Å². The largest absolute Gasteiger partial charge is 0.353 e. The summed E-state index contributed by atoms with van der Waals surface area (Å²) in [5, 5.41) is 0. The highest BCUT2D eigenvalue weighted by Crippen LogP contribution is 2.71. The molecule has 3 aliphatic heterocycles. The Morgan fingerprint density at radius 2 is 1.61 bits per heavy atom. The Morgan fingerprint density at radius 1 is 0.886 bits per heavy atom. The maximum absolute atomic E-state index is 13.6.